The Bertz CT molecular complexity index is 389. The van der Waals surface area contributed by atoms with E-state index in [4.69, 9.17) is 11.1 Å². The molecular weight excluding hydrogens is 224 g/mol. The number of nitrogens with two attached hydrogens (primary N) is 1. The number of nitrogen functional groups attached to an aromatic ring is 1. The van der Waals surface area contributed by atoms with Gasteiger partial charge in [-0.3, -0.25) is 5.41 Å². The summed E-state index contributed by atoms with van der Waals surface area (Å²) in [4.78, 5) is 6.77. The maximum atomic E-state index is 7.46. The normalized spacial score (nSPS) is 12.2. The zero-order valence-corrected chi connectivity index (χ0v) is 11.6. The predicted octanol–water partition coefficient (Wildman–Crippen LogP) is 2.77. The highest BCUT2D eigenvalue weighted by molar-refractivity contribution is 5.93. The van der Waals surface area contributed by atoms with Crippen LogP contribution in [0.3, 0.4) is 0 Å². The second-order valence-corrected chi connectivity index (χ2v) is 4.60. The maximum Gasteiger partial charge on any atom is 0.141 e. The quantitative estimate of drug-likeness (QED) is 0.576. The number of nitrogens with one attached hydrogen (secondary N) is 1. The standard InChI is InChI=1S/C14H24N4/c1-4-6-10-18(11(3)5-2)13-9-7-8-12(17-13)14(15)16/h7-9,11H,4-6,10H2,1-3H3,(H3,15,16). The minimum absolute atomic E-state index is 0.0245. The van der Waals surface area contributed by atoms with Gasteiger partial charge in [-0.25, -0.2) is 4.98 Å². The molecule has 0 spiro atoms. The van der Waals surface area contributed by atoms with Crippen LogP contribution in [0.25, 0.3) is 0 Å². The highest BCUT2D eigenvalue weighted by Crippen LogP contribution is 2.17. The monoisotopic (exact) mass is 248 g/mol. The Morgan fingerprint density at radius 3 is 2.72 bits per heavy atom. The molecule has 1 rings (SSSR count). The summed E-state index contributed by atoms with van der Waals surface area (Å²) in [7, 11) is 0. The number of aromatic nitrogens is 1. The van der Waals surface area contributed by atoms with Gasteiger partial charge in [0.25, 0.3) is 0 Å². The van der Waals surface area contributed by atoms with E-state index in [0.717, 1.165) is 25.2 Å². The lowest BCUT2D eigenvalue weighted by molar-refractivity contribution is 0.589. The predicted molar refractivity (Wildman–Crippen MR) is 77.3 cm³/mol. The van der Waals surface area contributed by atoms with Crippen LogP contribution in [0.1, 0.15) is 45.7 Å². The Labute approximate surface area is 110 Å². The lowest BCUT2D eigenvalue weighted by atomic mass is 10.2. The molecule has 1 aromatic heterocycles. The molecule has 18 heavy (non-hydrogen) atoms. The Balaban J connectivity index is 2.96. The molecule has 1 atom stereocenters. The smallest absolute Gasteiger partial charge is 0.141 e. The first-order chi connectivity index (χ1) is 8.60. The Kier molecular flexibility index (Phi) is 5.62. The summed E-state index contributed by atoms with van der Waals surface area (Å²) in [6.07, 6.45) is 3.39. The fourth-order valence-electron chi connectivity index (χ4n) is 1.84. The van der Waals surface area contributed by atoms with Gasteiger partial charge in [-0.1, -0.05) is 26.3 Å². The van der Waals surface area contributed by atoms with Crippen LogP contribution < -0.4 is 10.6 Å². The Morgan fingerprint density at radius 1 is 1.44 bits per heavy atom. The number of unbranched alkanes of at least 4 members (excludes halogenated alkanes) is 1. The minimum atomic E-state index is 0.0245. The summed E-state index contributed by atoms with van der Waals surface area (Å²) < 4.78 is 0. The summed E-state index contributed by atoms with van der Waals surface area (Å²) in [5, 5.41) is 7.46. The molecule has 0 fully saturated rings. The molecule has 0 saturated carbocycles. The van der Waals surface area contributed by atoms with Gasteiger partial charge in [-0.15, -0.1) is 0 Å². The van der Waals surface area contributed by atoms with E-state index < -0.39 is 0 Å². The summed E-state index contributed by atoms with van der Waals surface area (Å²) >= 11 is 0. The third kappa shape index (κ3) is 3.72. The van der Waals surface area contributed by atoms with E-state index in [9.17, 15) is 0 Å². The molecule has 1 heterocycles. The molecule has 0 saturated heterocycles. The van der Waals surface area contributed by atoms with Gasteiger partial charge in [0.2, 0.25) is 0 Å². The van der Waals surface area contributed by atoms with Gasteiger partial charge in [0.15, 0.2) is 0 Å². The van der Waals surface area contributed by atoms with Gasteiger partial charge >= 0.3 is 0 Å². The summed E-state index contributed by atoms with van der Waals surface area (Å²) in [6.45, 7) is 7.57. The highest BCUT2D eigenvalue weighted by atomic mass is 15.2. The van der Waals surface area contributed by atoms with Crippen LogP contribution in [0.4, 0.5) is 5.82 Å². The number of pyridine rings is 1. The summed E-state index contributed by atoms with van der Waals surface area (Å²) in [5.41, 5.74) is 6.05. The van der Waals surface area contributed by atoms with E-state index in [0.29, 0.717) is 11.7 Å². The van der Waals surface area contributed by atoms with E-state index in [1.54, 1.807) is 6.07 Å². The van der Waals surface area contributed by atoms with Crippen molar-refractivity contribution in [3.05, 3.63) is 23.9 Å². The number of anilines is 1. The molecule has 4 nitrogen and oxygen atoms in total. The number of hydrogen-bond acceptors (Lipinski definition) is 3. The topological polar surface area (TPSA) is 66.0 Å². The zero-order chi connectivity index (χ0) is 13.5. The van der Waals surface area contributed by atoms with Gasteiger partial charge in [-0.05, 0) is 31.9 Å². The first kappa shape index (κ1) is 14.5. The van der Waals surface area contributed by atoms with Crippen molar-refractivity contribution in [1.29, 1.82) is 5.41 Å². The Hall–Kier alpha value is -1.58. The van der Waals surface area contributed by atoms with Crippen LogP contribution in [-0.4, -0.2) is 23.4 Å². The molecular formula is C14H24N4. The van der Waals surface area contributed by atoms with Crippen molar-refractivity contribution in [2.75, 3.05) is 11.4 Å². The maximum absolute atomic E-state index is 7.46. The third-order valence-corrected chi connectivity index (χ3v) is 3.18. The minimum Gasteiger partial charge on any atom is -0.382 e. The average molecular weight is 248 g/mol. The van der Waals surface area contributed by atoms with Crippen molar-refractivity contribution < 1.29 is 0 Å². The van der Waals surface area contributed by atoms with Crippen molar-refractivity contribution in [3.8, 4) is 0 Å². The first-order valence-corrected chi connectivity index (χ1v) is 6.68. The lowest BCUT2D eigenvalue weighted by Gasteiger charge is -2.30. The van der Waals surface area contributed by atoms with E-state index in [-0.39, 0.29) is 5.84 Å². The van der Waals surface area contributed by atoms with Crippen molar-refractivity contribution in [2.45, 2.75) is 46.1 Å². The molecule has 4 heteroatoms. The zero-order valence-electron chi connectivity index (χ0n) is 11.6. The van der Waals surface area contributed by atoms with Gasteiger partial charge in [0, 0.05) is 12.6 Å². The molecule has 0 aliphatic rings. The summed E-state index contributed by atoms with van der Waals surface area (Å²) in [6, 6.07) is 6.14. The van der Waals surface area contributed by atoms with E-state index in [2.05, 4.69) is 30.7 Å². The van der Waals surface area contributed by atoms with Crippen LogP contribution in [0.2, 0.25) is 0 Å². The second kappa shape index (κ2) is 6.99. The fraction of sp³-hybridized carbons (Fsp3) is 0.571. The van der Waals surface area contributed by atoms with E-state index in [1.807, 2.05) is 12.1 Å². The van der Waals surface area contributed by atoms with Crippen LogP contribution in [-0.2, 0) is 0 Å². The van der Waals surface area contributed by atoms with Crippen LogP contribution >= 0.6 is 0 Å². The Morgan fingerprint density at radius 2 is 2.17 bits per heavy atom. The number of nitrogens with zero attached hydrogens (tertiary/aromatic N) is 2. The molecule has 0 aliphatic heterocycles. The fourth-order valence-corrected chi connectivity index (χ4v) is 1.84. The second-order valence-electron chi connectivity index (χ2n) is 4.60. The number of rotatable bonds is 7. The van der Waals surface area contributed by atoms with Crippen molar-refractivity contribution in [3.63, 3.8) is 0 Å². The number of amidine groups is 1. The van der Waals surface area contributed by atoms with E-state index >= 15 is 0 Å². The van der Waals surface area contributed by atoms with Crippen LogP contribution in [0, 0.1) is 5.41 Å². The van der Waals surface area contributed by atoms with Crippen molar-refractivity contribution >= 4 is 11.7 Å². The molecule has 100 valence electrons. The van der Waals surface area contributed by atoms with Gasteiger partial charge in [0.05, 0.1) is 0 Å². The molecule has 0 amide bonds. The van der Waals surface area contributed by atoms with Gasteiger partial charge < -0.3 is 10.6 Å². The number of hydrogen-bond donors (Lipinski definition) is 2. The van der Waals surface area contributed by atoms with E-state index in [1.165, 1.54) is 6.42 Å². The van der Waals surface area contributed by atoms with Gasteiger partial charge in [0.1, 0.15) is 17.3 Å². The van der Waals surface area contributed by atoms with Crippen molar-refractivity contribution in [1.82, 2.24) is 4.98 Å². The molecule has 0 aromatic carbocycles. The first-order valence-electron chi connectivity index (χ1n) is 6.68. The molecule has 1 unspecified atom stereocenters. The molecule has 3 N–H and O–H groups in total. The highest BCUT2D eigenvalue weighted by Gasteiger charge is 2.14. The van der Waals surface area contributed by atoms with Gasteiger partial charge in [-0.2, -0.15) is 0 Å². The third-order valence-electron chi connectivity index (χ3n) is 3.18. The molecule has 0 bridgehead atoms. The average Bonchev–Trinajstić information content (AvgIpc) is 2.39. The summed E-state index contributed by atoms with van der Waals surface area (Å²) in [5.74, 6) is 0.946. The van der Waals surface area contributed by atoms with Crippen LogP contribution in [0.15, 0.2) is 18.2 Å². The SMILES string of the molecule is CCCCN(c1cccc(C(=N)N)n1)C(C)CC. The van der Waals surface area contributed by atoms with Crippen LogP contribution in [0.5, 0.6) is 0 Å². The molecule has 0 radical (unpaired) electrons. The van der Waals surface area contributed by atoms with Crippen molar-refractivity contribution in [2.24, 2.45) is 5.73 Å². The lowest BCUT2D eigenvalue weighted by Crippen LogP contribution is -2.34. The molecule has 0 aliphatic carbocycles. The largest absolute Gasteiger partial charge is 0.382 e. The molecule has 1 aromatic rings.